The lowest BCUT2D eigenvalue weighted by Gasteiger charge is -2.12. The van der Waals surface area contributed by atoms with Crippen LogP contribution in [0.3, 0.4) is 0 Å². The van der Waals surface area contributed by atoms with Crippen LogP contribution < -0.4 is 4.72 Å². The summed E-state index contributed by atoms with van der Waals surface area (Å²) in [5.41, 5.74) is 0.708. The summed E-state index contributed by atoms with van der Waals surface area (Å²) in [6.07, 6.45) is 3.08. The van der Waals surface area contributed by atoms with E-state index in [2.05, 4.69) is 4.72 Å². The van der Waals surface area contributed by atoms with Crippen molar-refractivity contribution >= 4 is 28.1 Å². The fourth-order valence-electron chi connectivity index (χ4n) is 1.47. The standard InChI is InChI=1S/C12H17NO3S2/c1-17-8-7-12(9-14)13-18(15,16)10-11-5-3-2-4-6-11/h2-6,9,12-13H,7-8,10H2,1H3. The van der Waals surface area contributed by atoms with Crippen LogP contribution in [0.4, 0.5) is 0 Å². The molecule has 0 aliphatic rings. The molecule has 0 aliphatic heterocycles. The van der Waals surface area contributed by atoms with Gasteiger partial charge in [0.1, 0.15) is 6.29 Å². The van der Waals surface area contributed by atoms with Gasteiger partial charge in [0.25, 0.3) is 0 Å². The van der Waals surface area contributed by atoms with Gasteiger partial charge >= 0.3 is 0 Å². The Bertz CT molecular complexity index is 459. The second-order valence-electron chi connectivity index (χ2n) is 3.89. The average Bonchev–Trinajstić information content (AvgIpc) is 2.35. The molecular formula is C12H17NO3S2. The van der Waals surface area contributed by atoms with Crippen molar-refractivity contribution in [1.82, 2.24) is 4.72 Å². The minimum Gasteiger partial charge on any atom is -0.302 e. The van der Waals surface area contributed by atoms with Crippen LogP contribution in [0.1, 0.15) is 12.0 Å². The molecule has 18 heavy (non-hydrogen) atoms. The summed E-state index contributed by atoms with van der Waals surface area (Å²) >= 11 is 1.58. The van der Waals surface area contributed by atoms with E-state index in [1.807, 2.05) is 12.3 Å². The predicted molar refractivity (Wildman–Crippen MR) is 75.1 cm³/mol. The number of nitrogens with one attached hydrogen (secondary N) is 1. The number of benzene rings is 1. The van der Waals surface area contributed by atoms with Gasteiger partial charge in [-0.15, -0.1) is 0 Å². The predicted octanol–water partition coefficient (Wildman–Crippen LogP) is 1.43. The van der Waals surface area contributed by atoms with E-state index in [0.717, 1.165) is 5.75 Å². The highest BCUT2D eigenvalue weighted by Gasteiger charge is 2.17. The fraction of sp³-hybridized carbons (Fsp3) is 0.417. The van der Waals surface area contributed by atoms with E-state index >= 15 is 0 Å². The Morgan fingerprint density at radius 2 is 2.00 bits per heavy atom. The summed E-state index contributed by atoms with van der Waals surface area (Å²) in [5.74, 6) is 0.648. The van der Waals surface area contributed by atoms with Gasteiger partial charge < -0.3 is 4.79 Å². The zero-order valence-corrected chi connectivity index (χ0v) is 11.8. The molecule has 0 fully saturated rings. The lowest BCUT2D eigenvalue weighted by molar-refractivity contribution is -0.109. The maximum Gasteiger partial charge on any atom is 0.216 e. The van der Waals surface area contributed by atoms with Crippen LogP contribution in [0.15, 0.2) is 30.3 Å². The van der Waals surface area contributed by atoms with Crippen molar-refractivity contribution in [2.45, 2.75) is 18.2 Å². The van der Waals surface area contributed by atoms with E-state index in [-0.39, 0.29) is 5.75 Å². The molecule has 0 spiro atoms. The van der Waals surface area contributed by atoms with Gasteiger partial charge in [0.05, 0.1) is 11.8 Å². The molecule has 0 saturated carbocycles. The van der Waals surface area contributed by atoms with Crippen LogP contribution in [0.2, 0.25) is 0 Å². The second-order valence-corrected chi connectivity index (χ2v) is 6.63. The molecule has 1 atom stereocenters. The number of hydrogen-bond donors (Lipinski definition) is 1. The summed E-state index contributed by atoms with van der Waals surface area (Å²) in [6.45, 7) is 0. The molecule has 0 amide bonds. The molecule has 1 aromatic rings. The minimum absolute atomic E-state index is 0.0998. The van der Waals surface area contributed by atoms with E-state index in [1.165, 1.54) is 0 Å². The lowest BCUT2D eigenvalue weighted by atomic mass is 10.2. The highest BCUT2D eigenvalue weighted by molar-refractivity contribution is 7.98. The first kappa shape index (κ1) is 15.2. The summed E-state index contributed by atoms with van der Waals surface area (Å²) in [6, 6.07) is 8.27. The molecule has 1 aromatic carbocycles. The van der Waals surface area contributed by atoms with E-state index in [4.69, 9.17) is 0 Å². The van der Waals surface area contributed by atoms with Gasteiger partial charge in [0.15, 0.2) is 0 Å². The van der Waals surface area contributed by atoms with Crippen molar-refractivity contribution in [3.63, 3.8) is 0 Å². The zero-order chi connectivity index (χ0) is 13.4. The van der Waals surface area contributed by atoms with Gasteiger partial charge in [0, 0.05) is 0 Å². The van der Waals surface area contributed by atoms with Crippen molar-refractivity contribution in [3.05, 3.63) is 35.9 Å². The van der Waals surface area contributed by atoms with Crippen LogP contribution in [0.5, 0.6) is 0 Å². The molecule has 0 aliphatic carbocycles. The van der Waals surface area contributed by atoms with Gasteiger partial charge in [-0.1, -0.05) is 30.3 Å². The molecule has 100 valence electrons. The number of carbonyl (C=O) groups is 1. The molecule has 0 aromatic heterocycles. The Hall–Kier alpha value is -0.850. The third-order valence-electron chi connectivity index (χ3n) is 2.33. The smallest absolute Gasteiger partial charge is 0.216 e. The van der Waals surface area contributed by atoms with Crippen LogP contribution in [0.25, 0.3) is 0 Å². The van der Waals surface area contributed by atoms with Crippen LogP contribution in [-0.2, 0) is 20.6 Å². The average molecular weight is 287 g/mol. The summed E-state index contributed by atoms with van der Waals surface area (Å²) < 4.78 is 26.1. The van der Waals surface area contributed by atoms with Crippen LogP contribution in [0, 0.1) is 0 Å². The lowest BCUT2D eigenvalue weighted by Crippen LogP contribution is -2.37. The Kier molecular flexibility index (Phi) is 6.38. The maximum atomic E-state index is 11.9. The second kappa shape index (κ2) is 7.56. The largest absolute Gasteiger partial charge is 0.302 e. The number of hydrogen-bond acceptors (Lipinski definition) is 4. The summed E-state index contributed by atoms with van der Waals surface area (Å²) in [4.78, 5) is 10.8. The van der Waals surface area contributed by atoms with Crippen molar-refractivity contribution in [1.29, 1.82) is 0 Å². The first-order chi connectivity index (χ1) is 8.57. The van der Waals surface area contributed by atoms with E-state index in [0.29, 0.717) is 18.3 Å². The first-order valence-corrected chi connectivity index (χ1v) is 8.60. The highest BCUT2D eigenvalue weighted by atomic mass is 32.2. The van der Waals surface area contributed by atoms with E-state index < -0.39 is 16.1 Å². The molecule has 0 heterocycles. The molecule has 1 unspecified atom stereocenters. The van der Waals surface area contributed by atoms with Crippen molar-refractivity contribution in [2.75, 3.05) is 12.0 Å². The summed E-state index contributed by atoms with van der Waals surface area (Å²) in [5, 5.41) is 0. The third-order valence-corrected chi connectivity index (χ3v) is 4.35. The molecule has 0 radical (unpaired) electrons. The Balaban J connectivity index is 2.61. The monoisotopic (exact) mass is 287 g/mol. The Labute approximate surface area is 112 Å². The normalized spacial score (nSPS) is 13.2. The number of rotatable bonds is 8. The van der Waals surface area contributed by atoms with Gasteiger partial charge in [-0.25, -0.2) is 13.1 Å². The molecule has 1 rings (SSSR count). The number of carbonyl (C=O) groups excluding carboxylic acids is 1. The van der Waals surface area contributed by atoms with Crippen LogP contribution in [-0.4, -0.2) is 32.8 Å². The Morgan fingerprint density at radius 3 is 2.56 bits per heavy atom. The topological polar surface area (TPSA) is 63.2 Å². The van der Waals surface area contributed by atoms with Crippen molar-refractivity contribution in [2.24, 2.45) is 0 Å². The highest BCUT2D eigenvalue weighted by Crippen LogP contribution is 2.06. The quantitative estimate of drug-likeness (QED) is 0.735. The molecule has 0 saturated heterocycles. The maximum absolute atomic E-state index is 11.9. The van der Waals surface area contributed by atoms with Gasteiger partial charge in [-0.3, -0.25) is 0 Å². The fourth-order valence-corrected chi connectivity index (χ4v) is 3.30. The van der Waals surface area contributed by atoms with Gasteiger partial charge in [0.2, 0.25) is 10.0 Å². The first-order valence-electron chi connectivity index (χ1n) is 5.55. The Morgan fingerprint density at radius 1 is 1.33 bits per heavy atom. The van der Waals surface area contributed by atoms with Crippen molar-refractivity contribution in [3.8, 4) is 0 Å². The number of thioether (sulfide) groups is 1. The molecule has 4 nitrogen and oxygen atoms in total. The number of aldehydes is 1. The number of sulfonamides is 1. The van der Waals surface area contributed by atoms with Gasteiger partial charge in [-0.2, -0.15) is 11.8 Å². The molecule has 6 heteroatoms. The SMILES string of the molecule is CSCCC(C=O)NS(=O)(=O)Cc1ccccc1. The third kappa shape index (κ3) is 5.66. The van der Waals surface area contributed by atoms with Gasteiger partial charge in [-0.05, 0) is 24.0 Å². The van der Waals surface area contributed by atoms with E-state index in [1.54, 1.807) is 36.0 Å². The van der Waals surface area contributed by atoms with E-state index in [9.17, 15) is 13.2 Å². The van der Waals surface area contributed by atoms with Crippen molar-refractivity contribution < 1.29 is 13.2 Å². The minimum atomic E-state index is -3.47. The summed E-state index contributed by atoms with van der Waals surface area (Å²) in [7, 11) is -3.47. The van der Waals surface area contributed by atoms with Crippen LogP contribution >= 0.6 is 11.8 Å². The molecular weight excluding hydrogens is 270 g/mol. The molecule has 1 N–H and O–H groups in total. The molecule has 0 bridgehead atoms. The zero-order valence-electron chi connectivity index (χ0n) is 10.2.